The third-order valence-corrected chi connectivity index (χ3v) is 2.85. The number of guanidine groups is 1. The van der Waals surface area contributed by atoms with Crippen LogP contribution in [0.2, 0.25) is 0 Å². The number of methoxy groups -OCH3 is 1. The molecule has 6 heteroatoms. The Kier molecular flexibility index (Phi) is 8.17. The van der Waals surface area contributed by atoms with E-state index in [1.54, 1.807) is 7.11 Å². The maximum absolute atomic E-state index is 5.39. The molecular weight excluding hydrogens is 254 g/mol. The zero-order valence-corrected chi connectivity index (χ0v) is 12.3. The smallest absolute Gasteiger partial charge is 0.205 e. The largest absolute Gasteiger partial charge is 0.383 e. The van der Waals surface area contributed by atoms with Crippen LogP contribution in [0.1, 0.15) is 6.42 Å². The highest BCUT2D eigenvalue weighted by Crippen LogP contribution is 2.10. The Balaban J connectivity index is 2.25. The standard InChI is InChI=1S/C14H25N5O/c1-19(13-7-4-3-5-8-13)11-6-9-16-14(18-15)17-10-12-20-2/h3-5,7-8H,6,9-12,15H2,1-2H3,(H2,16,17,18). The lowest BCUT2D eigenvalue weighted by Crippen LogP contribution is -2.43. The Morgan fingerprint density at radius 3 is 2.75 bits per heavy atom. The molecule has 0 fully saturated rings. The fourth-order valence-corrected chi connectivity index (χ4v) is 1.73. The van der Waals surface area contributed by atoms with Gasteiger partial charge in [0.25, 0.3) is 0 Å². The summed E-state index contributed by atoms with van der Waals surface area (Å²) in [7, 11) is 3.74. The first-order chi connectivity index (χ1) is 9.77. The summed E-state index contributed by atoms with van der Waals surface area (Å²) < 4.78 is 4.95. The molecule has 1 aromatic rings. The van der Waals surface area contributed by atoms with Gasteiger partial charge >= 0.3 is 0 Å². The first-order valence-corrected chi connectivity index (χ1v) is 6.78. The summed E-state index contributed by atoms with van der Waals surface area (Å²) >= 11 is 0. The quantitative estimate of drug-likeness (QED) is 0.213. The fourth-order valence-electron chi connectivity index (χ4n) is 1.73. The van der Waals surface area contributed by atoms with Crippen LogP contribution in [0.15, 0.2) is 35.3 Å². The average Bonchev–Trinajstić information content (AvgIpc) is 2.50. The molecule has 4 N–H and O–H groups in total. The SMILES string of the molecule is COCCNC(=NCCCN(C)c1ccccc1)NN. The summed E-state index contributed by atoms with van der Waals surface area (Å²) in [6, 6.07) is 10.3. The maximum Gasteiger partial charge on any atom is 0.205 e. The van der Waals surface area contributed by atoms with E-state index in [2.05, 4.69) is 39.8 Å². The topological polar surface area (TPSA) is 74.9 Å². The minimum Gasteiger partial charge on any atom is -0.383 e. The van der Waals surface area contributed by atoms with Crippen LogP contribution in [-0.4, -0.2) is 46.4 Å². The van der Waals surface area contributed by atoms with Crippen molar-refractivity contribution in [3.05, 3.63) is 30.3 Å². The number of rotatable bonds is 8. The van der Waals surface area contributed by atoms with Crippen LogP contribution < -0.4 is 21.5 Å². The number of benzene rings is 1. The van der Waals surface area contributed by atoms with Crippen molar-refractivity contribution in [2.75, 3.05) is 45.3 Å². The molecule has 0 saturated heterocycles. The van der Waals surface area contributed by atoms with Crippen molar-refractivity contribution in [3.8, 4) is 0 Å². The van der Waals surface area contributed by atoms with Crippen LogP contribution in [-0.2, 0) is 4.74 Å². The van der Waals surface area contributed by atoms with Crippen LogP contribution in [0.4, 0.5) is 5.69 Å². The lowest BCUT2D eigenvalue weighted by Gasteiger charge is -2.18. The lowest BCUT2D eigenvalue weighted by molar-refractivity contribution is 0.203. The van der Waals surface area contributed by atoms with E-state index in [0.29, 0.717) is 19.1 Å². The van der Waals surface area contributed by atoms with Gasteiger partial charge < -0.3 is 15.0 Å². The van der Waals surface area contributed by atoms with E-state index < -0.39 is 0 Å². The second-order valence-electron chi connectivity index (χ2n) is 4.40. The fraction of sp³-hybridized carbons (Fsp3) is 0.500. The average molecular weight is 279 g/mol. The molecule has 0 aliphatic carbocycles. The van der Waals surface area contributed by atoms with E-state index in [4.69, 9.17) is 10.6 Å². The number of hydrogen-bond donors (Lipinski definition) is 3. The molecule has 0 aromatic heterocycles. The molecule has 0 unspecified atom stereocenters. The van der Waals surface area contributed by atoms with Gasteiger partial charge in [0, 0.05) is 39.5 Å². The maximum atomic E-state index is 5.39. The van der Waals surface area contributed by atoms with Gasteiger partial charge in [-0.05, 0) is 18.6 Å². The van der Waals surface area contributed by atoms with Gasteiger partial charge in [-0.1, -0.05) is 18.2 Å². The van der Waals surface area contributed by atoms with E-state index in [1.165, 1.54) is 5.69 Å². The second-order valence-corrected chi connectivity index (χ2v) is 4.40. The predicted octanol–water partition coefficient (Wildman–Crippen LogP) is 0.568. The van der Waals surface area contributed by atoms with Gasteiger partial charge in [0.05, 0.1) is 6.61 Å². The number of aliphatic imine (C=N–C) groups is 1. The number of hydrazine groups is 1. The summed E-state index contributed by atoms with van der Waals surface area (Å²) in [6.07, 6.45) is 0.961. The number of anilines is 1. The molecule has 0 spiro atoms. The summed E-state index contributed by atoms with van der Waals surface area (Å²) in [6.45, 7) is 2.97. The first-order valence-electron chi connectivity index (χ1n) is 6.78. The molecule has 0 saturated carbocycles. The minimum absolute atomic E-state index is 0.601. The van der Waals surface area contributed by atoms with Gasteiger partial charge in [-0.25, -0.2) is 5.84 Å². The Labute approximate surface area is 121 Å². The summed E-state index contributed by atoms with van der Waals surface area (Å²) in [5.74, 6) is 5.99. The molecule has 112 valence electrons. The van der Waals surface area contributed by atoms with Crippen molar-refractivity contribution < 1.29 is 4.74 Å². The Bertz CT molecular complexity index is 382. The first kappa shape index (κ1) is 16.3. The molecule has 0 amide bonds. The molecule has 0 radical (unpaired) electrons. The molecule has 0 atom stereocenters. The zero-order valence-electron chi connectivity index (χ0n) is 12.3. The van der Waals surface area contributed by atoms with Crippen molar-refractivity contribution in [1.29, 1.82) is 0 Å². The minimum atomic E-state index is 0.601. The lowest BCUT2D eigenvalue weighted by atomic mass is 10.3. The highest BCUT2D eigenvalue weighted by atomic mass is 16.5. The number of ether oxygens (including phenoxy) is 1. The monoisotopic (exact) mass is 279 g/mol. The van der Waals surface area contributed by atoms with Crippen molar-refractivity contribution in [1.82, 2.24) is 10.7 Å². The number of nitrogens with two attached hydrogens (primary N) is 1. The molecule has 1 rings (SSSR count). The third kappa shape index (κ3) is 6.40. The Morgan fingerprint density at radius 1 is 1.35 bits per heavy atom. The van der Waals surface area contributed by atoms with E-state index in [-0.39, 0.29) is 0 Å². The van der Waals surface area contributed by atoms with Crippen molar-refractivity contribution in [2.45, 2.75) is 6.42 Å². The van der Waals surface area contributed by atoms with Gasteiger partial charge in [0.15, 0.2) is 0 Å². The van der Waals surface area contributed by atoms with Crippen molar-refractivity contribution >= 4 is 11.6 Å². The van der Waals surface area contributed by atoms with Gasteiger partial charge in [0.2, 0.25) is 5.96 Å². The summed E-state index contributed by atoms with van der Waals surface area (Å²) in [5, 5.41) is 3.07. The van der Waals surface area contributed by atoms with Crippen LogP contribution >= 0.6 is 0 Å². The molecule has 0 bridgehead atoms. The molecule has 0 aliphatic heterocycles. The second kappa shape index (κ2) is 10.1. The summed E-state index contributed by atoms with van der Waals surface area (Å²) in [5.41, 5.74) is 3.77. The van der Waals surface area contributed by atoms with Crippen LogP contribution in [0.3, 0.4) is 0 Å². The number of nitrogens with one attached hydrogen (secondary N) is 2. The molecular formula is C14H25N5O. The van der Waals surface area contributed by atoms with E-state index >= 15 is 0 Å². The van der Waals surface area contributed by atoms with E-state index in [1.807, 2.05) is 18.2 Å². The van der Waals surface area contributed by atoms with E-state index in [9.17, 15) is 0 Å². The number of hydrogen-bond acceptors (Lipinski definition) is 4. The van der Waals surface area contributed by atoms with Crippen LogP contribution in [0, 0.1) is 0 Å². The molecule has 1 aromatic carbocycles. The molecule has 0 aliphatic rings. The normalized spacial score (nSPS) is 11.2. The predicted molar refractivity (Wildman–Crippen MR) is 83.8 cm³/mol. The van der Waals surface area contributed by atoms with Crippen LogP contribution in [0.5, 0.6) is 0 Å². The molecule has 20 heavy (non-hydrogen) atoms. The Hall–Kier alpha value is -1.79. The summed E-state index contributed by atoms with van der Waals surface area (Å²) in [4.78, 5) is 6.58. The molecule has 6 nitrogen and oxygen atoms in total. The van der Waals surface area contributed by atoms with Gasteiger partial charge in [-0.3, -0.25) is 10.4 Å². The highest BCUT2D eigenvalue weighted by molar-refractivity contribution is 5.79. The Morgan fingerprint density at radius 2 is 2.10 bits per heavy atom. The van der Waals surface area contributed by atoms with Gasteiger partial charge in [0.1, 0.15) is 0 Å². The number of para-hydroxylation sites is 1. The van der Waals surface area contributed by atoms with Gasteiger partial charge in [-0.2, -0.15) is 0 Å². The number of nitrogens with zero attached hydrogens (tertiary/aromatic N) is 2. The molecule has 0 heterocycles. The van der Waals surface area contributed by atoms with E-state index in [0.717, 1.165) is 19.5 Å². The van der Waals surface area contributed by atoms with Gasteiger partial charge in [-0.15, -0.1) is 0 Å². The highest BCUT2D eigenvalue weighted by Gasteiger charge is 1.99. The third-order valence-electron chi connectivity index (χ3n) is 2.85. The van der Waals surface area contributed by atoms with Crippen molar-refractivity contribution in [3.63, 3.8) is 0 Å². The van der Waals surface area contributed by atoms with Crippen molar-refractivity contribution in [2.24, 2.45) is 10.8 Å². The zero-order chi connectivity index (χ0) is 14.6. The van der Waals surface area contributed by atoms with Crippen LogP contribution in [0.25, 0.3) is 0 Å².